The largest absolute Gasteiger partial charge is 0.0719 e. The maximum Gasteiger partial charge on any atom is 0.0719 e. The summed E-state index contributed by atoms with van der Waals surface area (Å²) in [6.07, 6.45) is 0. The molecule has 12 rings (SSSR count). The Bertz CT molecular complexity index is 3190. The van der Waals surface area contributed by atoms with E-state index in [0.717, 1.165) is 0 Å². The van der Waals surface area contributed by atoms with Gasteiger partial charge in [0.25, 0.3) is 0 Å². The van der Waals surface area contributed by atoms with Gasteiger partial charge in [0.15, 0.2) is 0 Å². The van der Waals surface area contributed by atoms with E-state index in [4.69, 9.17) is 0 Å². The van der Waals surface area contributed by atoms with E-state index in [1.165, 1.54) is 109 Å². The number of rotatable bonds is 4. The van der Waals surface area contributed by atoms with Gasteiger partial charge in [-0.3, -0.25) is 0 Å². The molecule has 1 aliphatic carbocycles. The zero-order valence-electron chi connectivity index (χ0n) is 30.1. The van der Waals surface area contributed by atoms with Crippen molar-refractivity contribution >= 4 is 53.9 Å². The van der Waals surface area contributed by atoms with Gasteiger partial charge in [-0.2, -0.15) is 0 Å². The second-order valence-corrected chi connectivity index (χ2v) is 15.2. The lowest BCUT2D eigenvalue weighted by atomic mass is 9.66. The van der Waals surface area contributed by atoms with Crippen molar-refractivity contribution in [2.75, 3.05) is 0 Å². The van der Waals surface area contributed by atoms with Gasteiger partial charge >= 0.3 is 0 Å². The first-order valence-corrected chi connectivity index (χ1v) is 19.2. The van der Waals surface area contributed by atoms with Crippen LogP contribution in [0.3, 0.4) is 0 Å². The molecule has 0 nitrogen and oxygen atoms in total. The van der Waals surface area contributed by atoms with E-state index >= 15 is 0 Å². The van der Waals surface area contributed by atoms with Crippen LogP contribution in [-0.2, 0) is 5.41 Å². The molecule has 0 fully saturated rings. The molecular weight excluding hydrogens is 661 g/mol. The first-order valence-electron chi connectivity index (χ1n) is 19.2. The minimum Gasteiger partial charge on any atom is -0.0622 e. The van der Waals surface area contributed by atoms with Gasteiger partial charge < -0.3 is 0 Å². The highest BCUT2D eigenvalue weighted by Crippen LogP contribution is 2.60. The molecule has 0 radical (unpaired) electrons. The molecule has 11 aromatic carbocycles. The Kier molecular flexibility index (Phi) is 6.36. The summed E-state index contributed by atoms with van der Waals surface area (Å²) in [6.45, 7) is 0. The average molecular weight is 695 g/mol. The highest BCUT2D eigenvalue weighted by molar-refractivity contribution is 6.24. The quantitative estimate of drug-likeness (QED) is 0.161. The highest BCUT2D eigenvalue weighted by atomic mass is 14.5. The molecule has 254 valence electrons. The molecule has 0 heterocycles. The second kappa shape index (κ2) is 11.5. The third kappa shape index (κ3) is 4.28. The van der Waals surface area contributed by atoms with Crippen molar-refractivity contribution in [2.24, 2.45) is 0 Å². The number of hydrogen-bond donors (Lipinski definition) is 0. The summed E-state index contributed by atoms with van der Waals surface area (Å²) in [4.78, 5) is 0. The van der Waals surface area contributed by atoms with E-state index in [2.05, 4.69) is 206 Å². The monoisotopic (exact) mass is 694 g/mol. The van der Waals surface area contributed by atoms with Crippen LogP contribution in [0.15, 0.2) is 206 Å². The van der Waals surface area contributed by atoms with Crippen molar-refractivity contribution in [1.29, 1.82) is 0 Å². The Balaban J connectivity index is 1.21. The van der Waals surface area contributed by atoms with Gasteiger partial charge in [0.05, 0.1) is 5.41 Å². The van der Waals surface area contributed by atoms with Crippen LogP contribution in [0.25, 0.3) is 87.2 Å². The molecule has 0 saturated heterocycles. The van der Waals surface area contributed by atoms with Crippen LogP contribution in [0.4, 0.5) is 0 Å². The molecule has 0 heteroatoms. The fourth-order valence-electron chi connectivity index (χ4n) is 10.1. The topological polar surface area (TPSA) is 0 Å². The first-order chi connectivity index (χ1) is 27.3. The summed E-state index contributed by atoms with van der Waals surface area (Å²) in [6, 6.07) is 77.4. The molecule has 0 aliphatic heterocycles. The van der Waals surface area contributed by atoms with E-state index in [0.29, 0.717) is 0 Å². The van der Waals surface area contributed by atoms with E-state index in [1.54, 1.807) is 0 Å². The molecule has 0 N–H and O–H groups in total. The molecule has 55 heavy (non-hydrogen) atoms. The maximum absolute atomic E-state index is 2.48. The van der Waals surface area contributed by atoms with Crippen LogP contribution in [-0.4, -0.2) is 0 Å². The predicted octanol–water partition coefficient (Wildman–Crippen LogP) is 14.6. The lowest BCUT2D eigenvalue weighted by Gasteiger charge is -2.35. The van der Waals surface area contributed by atoms with E-state index in [9.17, 15) is 0 Å². The highest BCUT2D eigenvalue weighted by Gasteiger charge is 2.48. The summed E-state index contributed by atoms with van der Waals surface area (Å²) in [5, 5.41) is 12.9. The van der Waals surface area contributed by atoms with Crippen molar-refractivity contribution in [3.8, 4) is 33.4 Å². The minimum absolute atomic E-state index is 0.536. The zero-order valence-corrected chi connectivity index (χ0v) is 30.1. The Labute approximate surface area is 319 Å². The van der Waals surface area contributed by atoms with Crippen molar-refractivity contribution in [3.05, 3.63) is 229 Å². The van der Waals surface area contributed by atoms with Crippen LogP contribution in [0, 0.1) is 0 Å². The van der Waals surface area contributed by atoms with Crippen LogP contribution < -0.4 is 0 Å². The molecule has 0 amide bonds. The summed E-state index contributed by atoms with van der Waals surface area (Å²) in [5.74, 6) is 0. The minimum atomic E-state index is -0.536. The van der Waals surface area contributed by atoms with E-state index in [-0.39, 0.29) is 0 Å². The third-order valence-corrected chi connectivity index (χ3v) is 12.4. The van der Waals surface area contributed by atoms with Gasteiger partial charge in [-0.05, 0) is 140 Å². The molecule has 0 bridgehead atoms. The number of hydrogen-bond acceptors (Lipinski definition) is 0. The Hall–Kier alpha value is -7.02. The summed E-state index contributed by atoms with van der Waals surface area (Å²) >= 11 is 0. The fourth-order valence-corrected chi connectivity index (χ4v) is 10.1. The molecule has 1 aliphatic rings. The van der Waals surface area contributed by atoms with Crippen LogP contribution in [0.2, 0.25) is 0 Å². The second-order valence-electron chi connectivity index (χ2n) is 15.2. The molecule has 0 aromatic heterocycles. The van der Waals surface area contributed by atoms with E-state index in [1.807, 2.05) is 0 Å². The van der Waals surface area contributed by atoms with Crippen molar-refractivity contribution < 1.29 is 0 Å². The number of fused-ring (bicyclic) bond motifs is 6. The molecule has 11 aromatic rings. The molecular formula is C55H34. The van der Waals surface area contributed by atoms with Crippen LogP contribution >= 0.6 is 0 Å². The summed E-state index contributed by atoms with van der Waals surface area (Å²) < 4.78 is 0. The SMILES string of the molecule is c1ccc(C2(c3ccccc3)c3ccccc3-c3c(-c4ccc5ccccc5c4)cc4ccc(-c5cc6ccc7cccc8ccc(c5)c6c78)cc4c32)cc1. The van der Waals surface area contributed by atoms with Gasteiger partial charge in [-0.15, -0.1) is 0 Å². The lowest BCUT2D eigenvalue weighted by molar-refractivity contribution is 0.775. The van der Waals surface area contributed by atoms with Gasteiger partial charge in [-0.25, -0.2) is 0 Å². The number of benzene rings is 11. The summed E-state index contributed by atoms with van der Waals surface area (Å²) in [5.41, 5.74) is 12.3. The van der Waals surface area contributed by atoms with E-state index < -0.39 is 5.41 Å². The predicted molar refractivity (Wildman–Crippen MR) is 233 cm³/mol. The van der Waals surface area contributed by atoms with Gasteiger partial charge in [0.1, 0.15) is 0 Å². The zero-order chi connectivity index (χ0) is 36.1. The fraction of sp³-hybridized carbons (Fsp3) is 0.0182. The average Bonchev–Trinajstić information content (AvgIpc) is 3.58. The van der Waals surface area contributed by atoms with Gasteiger partial charge in [0.2, 0.25) is 0 Å². The molecule has 0 unspecified atom stereocenters. The Morgan fingerprint density at radius 2 is 0.818 bits per heavy atom. The first kappa shape index (κ1) is 30.4. The normalized spacial score (nSPS) is 13.2. The molecule has 0 saturated carbocycles. The van der Waals surface area contributed by atoms with Gasteiger partial charge in [-0.1, -0.05) is 176 Å². The third-order valence-electron chi connectivity index (χ3n) is 12.4. The summed E-state index contributed by atoms with van der Waals surface area (Å²) in [7, 11) is 0. The van der Waals surface area contributed by atoms with Crippen molar-refractivity contribution in [2.45, 2.75) is 5.41 Å². The lowest BCUT2D eigenvalue weighted by Crippen LogP contribution is -2.28. The van der Waals surface area contributed by atoms with Crippen molar-refractivity contribution in [1.82, 2.24) is 0 Å². The Morgan fingerprint density at radius 1 is 0.291 bits per heavy atom. The van der Waals surface area contributed by atoms with Crippen molar-refractivity contribution in [3.63, 3.8) is 0 Å². The molecule has 0 spiro atoms. The standard InChI is InChI=1S/C55H34/c1-3-16-45(17-4-1)55(46-18-5-2-6-19-46)50-21-10-9-20-47(50)53-48(40-26-22-35-12-7-8-13-38(35)30-40)34-41-27-25-39(33-49(41)54(53)55)44-31-42-28-23-36-14-11-15-37-24-29-43(32-44)52(42)51(36)37/h1-34H. The van der Waals surface area contributed by atoms with Crippen LogP contribution in [0.5, 0.6) is 0 Å². The molecule has 0 atom stereocenters. The smallest absolute Gasteiger partial charge is 0.0622 e. The van der Waals surface area contributed by atoms with Gasteiger partial charge in [0, 0.05) is 0 Å². The maximum atomic E-state index is 2.48. The Morgan fingerprint density at radius 3 is 1.55 bits per heavy atom. The van der Waals surface area contributed by atoms with Crippen LogP contribution in [0.1, 0.15) is 22.3 Å².